The normalized spacial score (nSPS) is 12.8. The van der Waals surface area contributed by atoms with Gasteiger partial charge in [-0.15, -0.1) is 0 Å². The number of carboxylic acids is 1. The van der Waals surface area contributed by atoms with Crippen LogP contribution in [0.1, 0.15) is 296 Å². The molecule has 8 heteroatoms. The third-order valence-corrected chi connectivity index (χ3v) is 13.7. The molecule has 0 saturated heterocycles. The van der Waals surface area contributed by atoms with E-state index in [2.05, 4.69) is 26.0 Å². The quantitative estimate of drug-likeness (QED) is 0.0259. The Bertz CT molecular complexity index is 1100. The summed E-state index contributed by atoms with van der Waals surface area (Å²) in [4.78, 5) is 37.2. The predicted octanol–water partition coefficient (Wildman–Crippen LogP) is 16.0. The van der Waals surface area contributed by atoms with Crippen molar-refractivity contribution in [1.29, 1.82) is 0 Å². The minimum Gasteiger partial charge on any atom is -0.544 e. The standard InChI is InChI=1S/C59H113NO7/c1-6-8-10-12-14-16-18-20-22-24-26-28-30-31-33-35-37-39-41-43-45-47-49-57(61)66-54-55(53-65-52-51-56(59(63)64)60(3,4)5)67-58(62)50-48-46-44-42-40-38-36-34-32-29-27-25-23-21-19-17-15-13-11-9-7-2/h29,32,55-56H,6-28,30-31,33-54H2,1-5H3/b32-29+. The number of quaternary nitrogens is 1. The second kappa shape index (κ2) is 50.5. The van der Waals surface area contributed by atoms with E-state index in [4.69, 9.17) is 14.2 Å². The minimum atomic E-state index is -1.12. The number of hydrogen-bond acceptors (Lipinski definition) is 7. The van der Waals surface area contributed by atoms with Crippen molar-refractivity contribution in [3.05, 3.63) is 12.2 Å². The predicted molar refractivity (Wildman–Crippen MR) is 282 cm³/mol. The van der Waals surface area contributed by atoms with Crippen molar-refractivity contribution < 1.29 is 38.2 Å². The maximum atomic E-state index is 12.8. The number of unbranched alkanes of at least 4 members (excludes halogenated alkanes) is 38. The van der Waals surface area contributed by atoms with Gasteiger partial charge in [0.2, 0.25) is 0 Å². The smallest absolute Gasteiger partial charge is 0.306 e. The molecule has 0 saturated carbocycles. The van der Waals surface area contributed by atoms with Crippen LogP contribution in [0.3, 0.4) is 0 Å². The van der Waals surface area contributed by atoms with Crippen molar-refractivity contribution in [1.82, 2.24) is 0 Å². The van der Waals surface area contributed by atoms with Crippen LogP contribution < -0.4 is 5.11 Å². The monoisotopic (exact) mass is 948 g/mol. The van der Waals surface area contributed by atoms with E-state index in [1.54, 1.807) is 0 Å². The highest BCUT2D eigenvalue weighted by atomic mass is 16.6. The van der Waals surface area contributed by atoms with Gasteiger partial charge in [-0.2, -0.15) is 0 Å². The first kappa shape index (κ1) is 65.1. The zero-order valence-electron chi connectivity index (χ0n) is 45.3. The molecule has 0 bridgehead atoms. The van der Waals surface area contributed by atoms with Gasteiger partial charge in [0.1, 0.15) is 12.6 Å². The molecule has 0 heterocycles. The third-order valence-electron chi connectivity index (χ3n) is 13.7. The van der Waals surface area contributed by atoms with E-state index in [0.717, 1.165) is 38.5 Å². The lowest BCUT2D eigenvalue weighted by molar-refractivity contribution is -0.889. The molecular weight excluding hydrogens is 835 g/mol. The zero-order chi connectivity index (χ0) is 49.2. The van der Waals surface area contributed by atoms with Crippen molar-refractivity contribution in [2.45, 2.75) is 309 Å². The van der Waals surface area contributed by atoms with Gasteiger partial charge in [-0.05, 0) is 38.5 Å². The number of carbonyl (C=O) groups excluding carboxylic acids is 3. The number of aliphatic carboxylic acids is 1. The van der Waals surface area contributed by atoms with Crippen molar-refractivity contribution in [3.63, 3.8) is 0 Å². The minimum absolute atomic E-state index is 0.0455. The average Bonchev–Trinajstić information content (AvgIpc) is 3.29. The van der Waals surface area contributed by atoms with E-state index in [1.165, 1.54) is 225 Å². The summed E-state index contributed by atoms with van der Waals surface area (Å²) in [6.07, 6.45) is 58.3. The average molecular weight is 949 g/mol. The van der Waals surface area contributed by atoms with Gasteiger partial charge in [-0.1, -0.05) is 251 Å². The van der Waals surface area contributed by atoms with Crippen LogP contribution >= 0.6 is 0 Å². The van der Waals surface area contributed by atoms with Gasteiger partial charge in [0, 0.05) is 19.3 Å². The Morgan fingerprint density at radius 2 is 0.746 bits per heavy atom. The molecule has 0 N–H and O–H groups in total. The van der Waals surface area contributed by atoms with Gasteiger partial charge in [0.25, 0.3) is 0 Å². The molecule has 8 nitrogen and oxygen atoms in total. The lowest BCUT2D eigenvalue weighted by Gasteiger charge is -2.34. The van der Waals surface area contributed by atoms with E-state index in [-0.39, 0.29) is 42.7 Å². The second-order valence-electron chi connectivity index (χ2n) is 21.2. The zero-order valence-corrected chi connectivity index (χ0v) is 45.3. The highest BCUT2D eigenvalue weighted by Crippen LogP contribution is 2.17. The van der Waals surface area contributed by atoms with Crippen LogP contribution in [0.25, 0.3) is 0 Å². The summed E-state index contributed by atoms with van der Waals surface area (Å²) < 4.78 is 17.3. The summed E-state index contributed by atoms with van der Waals surface area (Å²) in [6.45, 7) is 4.73. The highest BCUT2D eigenvalue weighted by Gasteiger charge is 2.25. The Kier molecular flexibility index (Phi) is 49.0. The van der Waals surface area contributed by atoms with E-state index in [9.17, 15) is 19.5 Å². The van der Waals surface area contributed by atoms with Crippen LogP contribution in [-0.2, 0) is 28.6 Å². The van der Waals surface area contributed by atoms with Crippen LogP contribution in [0.2, 0.25) is 0 Å². The fourth-order valence-corrected chi connectivity index (χ4v) is 9.13. The Morgan fingerprint density at radius 3 is 1.07 bits per heavy atom. The largest absolute Gasteiger partial charge is 0.544 e. The molecule has 0 aromatic rings. The second-order valence-corrected chi connectivity index (χ2v) is 21.2. The number of esters is 2. The number of likely N-dealkylation sites (N-methyl/N-ethyl adjacent to an activating group) is 1. The number of carbonyl (C=O) groups is 3. The van der Waals surface area contributed by atoms with Gasteiger partial charge in [0.05, 0.1) is 40.3 Å². The molecule has 0 rings (SSSR count). The Morgan fingerprint density at radius 1 is 0.433 bits per heavy atom. The Hall–Kier alpha value is -1.93. The summed E-state index contributed by atoms with van der Waals surface area (Å²) in [5, 5.41) is 11.7. The SMILES string of the molecule is CCCCCCCCCCCC/C=C/CCCCCCCCCC(=O)OC(COCCC(C(=O)[O-])[N+](C)(C)C)COC(=O)CCCCCCCCCCCCCCCCCCCCCCCC. The number of allylic oxidation sites excluding steroid dienone is 2. The number of ether oxygens (including phenoxy) is 3. The highest BCUT2D eigenvalue weighted by molar-refractivity contribution is 5.70. The Balaban J connectivity index is 4.13. The molecule has 0 aliphatic heterocycles. The van der Waals surface area contributed by atoms with Crippen molar-refractivity contribution in [2.24, 2.45) is 0 Å². The first-order chi connectivity index (χ1) is 32.6. The molecule has 2 atom stereocenters. The molecule has 0 aromatic heterocycles. The van der Waals surface area contributed by atoms with Gasteiger partial charge in [0.15, 0.2) is 6.10 Å². The van der Waals surface area contributed by atoms with Crippen molar-refractivity contribution in [2.75, 3.05) is 41.0 Å². The first-order valence-corrected chi connectivity index (χ1v) is 29.2. The summed E-state index contributed by atoms with van der Waals surface area (Å²) in [6, 6.07) is -0.724. The molecule has 396 valence electrons. The number of nitrogens with zero attached hydrogens (tertiary/aromatic N) is 1. The van der Waals surface area contributed by atoms with Gasteiger partial charge >= 0.3 is 11.9 Å². The van der Waals surface area contributed by atoms with Crippen LogP contribution in [-0.4, -0.2) is 75.5 Å². The van der Waals surface area contributed by atoms with Crippen LogP contribution in [0.15, 0.2) is 12.2 Å². The molecule has 67 heavy (non-hydrogen) atoms. The van der Waals surface area contributed by atoms with E-state index >= 15 is 0 Å². The number of hydrogen-bond donors (Lipinski definition) is 0. The fourth-order valence-electron chi connectivity index (χ4n) is 9.13. The molecule has 2 unspecified atom stereocenters. The van der Waals surface area contributed by atoms with Crippen LogP contribution in [0.4, 0.5) is 0 Å². The first-order valence-electron chi connectivity index (χ1n) is 29.2. The molecule has 0 radical (unpaired) electrons. The van der Waals surface area contributed by atoms with Crippen LogP contribution in [0, 0.1) is 0 Å². The third kappa shape index (κ3) is 48.9. The van der Waals surface area contributed by atoms with Crippen molar-refractivity contribution in [3.8, 4) is 0 Å². The molecule has 0 spiro atoms. The number of rotatable bonds is 54. The van der Waals surface area contributed by atoms with Crippen LogP contribution in [0.5, 0.6) is 0 Å². The number of carboxylic acid groups (broad SMARTS) is 1. The maximum Gasteiger partial charge on any atom is 0.306 e. The van der Waals surface area contributed by atoms with Gasteiger partial charge in [-0.25, -0.2) is 0 Å². The molecule has 0 aliphatic rings. The topological polar surface area (TPSA) is 102 Å². The maximum absolute atomic E-state index is 12.8. The van der Waals surface area contributed by atoms with Gasteiger partial charge < -0.3 is 28.6 Å². The summed E-state index contributed by atoms with van der Waals surface area (Å²) in [5.74, 6) is -1.71. The molecule has 0 aromatic carbocycles. The molecule has 0 fully saturated rings. The van der Waals surface area contributed by atoms with Crippen molar-refractivity contribution >= 4 is 17.9 Å². The van der Waals surface area contributed by atoms with Gasteiger partial charge in [-0.3, -0.25) is 9.59 Å². The van der Waals surface area contributed by atoms with E-state index in [1.807, 2.05) is 21.1 Å². The summed E-state index contributed by atoms with van der Waals surface area (Å²) >= 11 is 0. The lowest BCUT2D eigenvalue weighted by Crippen LogP contribution is -2.55. The Labute approximate surface area is 416 Å². The molecular formula is C59H113NO7. The summed E-state index contributed by atoms with van der Waals surface area (Å²) in [5.41, 5.74) is 0. The van der Waals surface area contributed by atoms with E-state index in [0.29, 0.717) is 12.8 Å². The lowest BCUT2D eigenvalue weighted by atomic mass is 10.0. The summed E-state index contributed by atoms with van der Waals surface area (Å²) in [7, 11) is 5.43. The molecule has 0 aliphatic carbocycles. The fraction of sp³-hybridized carbons (Fsp3) is 0.915. The molecule has 0 amide bonds. The van der Waals surface area contributed by atoms with E-state index < -0.39 is 18.1 Å².